The Bertz CT molecular complexity index is 718. The molecule has 0 bridgehead atoms. The minimum absolute atomic E-state index is 0. The van der Waals surface area contributed by atoms with Gasteiger partial charge in [-0.2, -0.15) is 0 Å². The van der Waals surface area contributed by atoms with Gasteiger partial charge in [0.05, 0.1) is 17.0 Å². The lowest BCUT2D eigenvalue weighted by Crippen LogP contribution is -2.34. The maximum Gasteiger partial charge on any atom is 0.164 e. The molecule has 1 saturated heterocycles. The fourth-order valence-electron chi connectivity index (χ4n) is 2.83. The SMILES string of the molecule is CC(C)Oc1cc(OC2CCNCC2)c2c(NOCBr)ncnc2c1.Cl.Cl. The van der Waals surface area contributed by atoms with Crippen molar-refractivity contribution in [2.45, 2.75) is 38.9 Å². The molecule has 1 aliphatic heterocycles. The van der Waals surface area contributed by atoms with E-state index in [1.807, 2.05) is 26.0 Å². The first-order chi connectivity index (χ1) is 12.2. The molecule has 0 saturated carbocycles. The van der Waals surface area contributed by atoms with Gasteiger partial charge in [-0.15, -0.1) is 24.8 Å². The summed E-state index contributed by atoms with van der Waals surface area (Å²) in [5, 5.41) is 4.14. The standard InChI is InChI=1S/C17H23BrN4O3.2ClH/c1-11(2)24-13-7-14-16(17(21-10-20-14)22-23-9-18)15(8-13)25-12-3-5-19-6-4-12;;/h7-8,10-12,19H,3-6,9H2,1-2H3,(H,20,21,22);2*1H. The summed E-state index contributed by atoms with van der Waals surface area (Å²) >= 11 is 3.22. The van der Waals surface area contributed by atoms with E-state index in [0.29, 0.717) is 17.1 Å². The van der Waals surface area contributed by atoms with E-state index in [-0.39, 0.29) is 37.0 Å². The highest BCUT2D eigenvalue weighted by molar-refractivity contribution is 9.09. The number of fused-ring (bicyclic) bond motifs is 1. The van der Waals surface area contributed by atoms with E-state index < -0.39 is 0 Å². The molecule has 2 aromatic rings. The lowest BCUT2D eigenvalue weighted by Gasteiger charge is -2.25. The molecule has 3 rings (SSSR count). The lowest BCUT2D eigenvalue weighted by atomic mass is 10.1. The number of nitrogens with zero attached hydrogens (tertiary/aromatic N) is 2. The number of alkyl halides is 1. The first-order valence-electron chi connectivity index (χ1n) is 8.44. The molecule has 1 aromatic carbocycles. The third-order valence-electron chi connectivity index (χ3n) is 3.85. The van der Waals surface area contributed by atoms with Crippen molar-refractivity contribution in [2.24, 2.45) is 0 Å². The molecule has 1 aromatic heterocycles. The van der Waals surface area contributed by atoms with Gasteiger partial charge >= 0.3 is 0 Å². The smallest absolute Gasteiger partial charge is 0.164 e. The summed E-state index contributed by atoms with van der Waals surface area (Å²) in [7, 11) is 0. The molecular formula is C17H25BrCl2N4O3. The van der Waals surface area contributed by atoms with Gasteiger partial charge in [-0.05, 0) is 39.8 Å². The van der Waals surface area contributed by atoms with Gasteiger partial charge in [0, 0.05) is 12.1 Å². The Labute approximate surface area is 179 Å². The second kappa shape index (κ2) is 11.7. The van der Waals surface area contributed by atoms with Gasteiger partial charge in [0.25, 0.3) is 0 Å². The molecule has 0 aliphatic carbocycles. The Hall–Kier alpha value is -1.06. The van der Waals surface area contributed by atoms with Gasteiger partial charge < -0.3 is 14.8 Å². The number of nitrogens with one attached hydrogen (secondary N) is 2. The van der Waals surface area contributed by atoms with Crippen LogP contribution in [0.1, 0.15) is 26.7 Å². The van der Waals surface area contributed by atoms with Gasteiger partial charge in [0.15, 0.2) is 5.82 Å². The molecule has 27 heavy (non-hydrogen) atoms. The Morgan fingerprint density at radius 3 is 2.63 bits per heavy atom. The predicted octanol–water partition coefficient (Wildman–Crippen LogP) is 4.09. The highest BCUT2D eigenvalue weighted by atomic mass is 79.9. The normalized spacial score (nSPS) is 14.4. The fourth-order valence-corrected chi connectivity index (χ4v) is 2.94. The van der Waals surface area contributed by atoms with Crippen LogP contribution in [0.25, 0.3) is 10.9 Å². The highest BCUT2D eigenvalue weighted by Crippen LogP contribution is 2.36. The average Bonchev–Trinajstić information content (AvgIpc) is 2.60. The summed E-state index contributed by atoms with van der Waals surface area (Å²) in [4.78, 5) is 13.9. The number of rotatable bonds is 7. The Balaban J connectivity index is 0.00000182. The Kier molecular flexibility index (Phi) is 10.4. The summed E-state index contributed by atoms with van der Waals surface area (Å²) in [5.74, 6) is 2.02. The van der Waals surface area contributed by atoms with Crippen LogP contribution in [0, 0.1) is 0 Å². The van der Waals surface area contributed by atoms with Gasteiger partial charge in [0.1, 0.15) is 29.4 Å². The van der Waals surface area contributed by atoms with Crippen LogP contribution in [0.2, 0.25) is 0 Å². The van der Waals surface area contributed by atoms with Crippen molar-refractivity contribution in [1.82, 2.24) is 15.3 Å². The van der Waals surface area contributed by atoms with Crippen LogP contribution in [-0.4, -0.2) is 40.8 Å². The monoisotopic (exact) mass is 482 g/mol. The number of benzene rings is 1. The van der Waals surface area contributed by atoms with Gasteiger partial charge in [0.2, 0.25) is 0 Å². The Morgan fingerprint density at radius 2 is 1.96 bits per heavy atom. The molecule has 1 fully saturated rings. The van der Waals surface area contributed by atoms with E-state index in [2.05, 4.69) is 36.7 Å². The summed E-state index contributed by atoms with van der Waals surface area (Å²) in [5.41, 5.74) is 3.94. The van der Waals surface area contributed by atoms with Crippen molar-refractivity contribution in [3.8, 4) is 11.5 Å². The first kappa shape index (κ1) is 24.0. The van der Waals surface area contributed by atoms with Crippen LogP contribution < -0.4 is 20.3 Å². The van der Waals surface area contributed by atoms with Crippen LogP contribution in [0.3, 0.4) is 0 Å². The molecule has 0 unspecified atom stereocenters. The Morgan fingerprint density at radius 1 is 1.22 bits per heavy atom. The van der Waals surface area contributed by atoms with E-state index in [9.17, 15) is 0 Å². The quantitative estimate of drug-likeness (QED) is 0.453. The minimum Gasteiger partial charge on any atom is -0.491 e. The maximum atomic E-state index is 6.30. The van der Waals surface area contributed by atoms with E-state index in [0.717, 1.165) is 42.6 Å². The van der Waals surface area contributed by atoms with Crippen LogP contribution in [0.15, 0.2) is 18.5 Å². The van der Waals surface area contributed by atoms with Crippen molar-refractivity contribution in [3.05, 3.63) is 18.5 Å². The zero-order valence-electron chi connectivity index (χ0n) is 15.2. The molecule has 152 valence electrons. The number of piperidine rings is 1. The third kappa shape index (κ3) is 6.50. The first-order valence-corrected chi connectivity index (χ1v) is 9.56. The molecule has 0 amide bonds. The van der Waals surface area contributed by atoms with Crippen LogP contribution in [0.5, 0.6) is 11.5 Å². The van der Waals surface area contributed by atoms with Gasteiger partial charge in [-0.3, -0.25) is 4.84 Å². The molecule has 7 nitrogen and oxygen atoms in total. The number of hydrogen-bond donors (Lipinski definition) is 2. The molecular weight excluding hydrogens is 459 g/mol. The van der Waals surface area contributed by atoms with Crippen LogP contribution >= 0.6 is 40.7 Å². The number of anilines is 1. The second-order valence-electron chi connectivity index (χ2n) is 6.13. The summed E-state index contributed by atoms with van der Waals surface area (Å²) in [6.07, 6.45) is 3.65. The minimum atomic E-state index is 0. The van der Waals surface area contributed by atoms with E-state index in [4.69, 9.17) is 14.3 Å². The van der Waals surface area contributed by atoms with Crippen molar-refractivity contribution in [1.29, 1.82) is 0 Å². The molecule has 2 N–H and O–H groups in total. The summed E-state index contributed by atoms with van der Waals surface area (Å²) < 4.78 is 12.2. The fraction of sp³-hybridized carbons (Fsp3) is 0.529. The third-order valence-corrected chi connectivity index (χ3v) is 4.08. The second-order valence-corrected chi connectivity index (χ2v) is 6.58. The predicted molar refractivity (Wildman–Crippen MR) is 115 cm³/mol. The van der Waals surface area contributed by atoms with E-state index in [1.165, 1.54) is 6.33 Å². The van der Waals surface area contributed by atoms with Crippen LogP contribution in [0.4, 0.5) is 5.82 Å². The number of aromatic nitrogens is 2. The zero-order chi connectivity index (χ0) is 17.6. The van der Waals surface area contributed by atoms with E-state index in [1.54, 1.807) is 0 Å². The largest absolute Gasteiger partial charge is 0.491 e. The summed E-state index contributed by atoms with van der Waals surface area (Å²) in [6, 6.07) is 3.80. The van der Waals surface area contributed by atoms with Crippen molar-refractivity contribution >= 4 is 57.5 Å². The molecule has 0 radical (unpaired) electrons. The highest BCUT2D eigenvalue weighted by Gasteiger charge is 2.19. The summed E-state index contributed by atoms with van der Waals surface area (Å²) in [6.45, 7) is 5.90. The number of halogens is 3. The molecule has 1 aliphatic rings. The molecule has 10 heteroatoms. The van der Waals surface area contributed by atoms with Crippen molar-refractivity contribution in [2.75, 3.05) is 24.1 Å². The topological polar surface area (TPSA) is 77.5 Å². The van der Waals surface area contributed by atoms with Crippen LogP contribution in [-0.2, 0) is 4.84 Å². The number of ether oxygens (including phenoxy) is 2. The van der Waals surface area contributed by atoms with Crippen molar-refractivity contribution in [3.63, 3.8) is 0 Å². The number of hydrogen-bond acceptors (Lipinski definition) is 7. The zero-order valence-corrected chi connectivity index (χ0v) is 18.5. The molecule has 0 atom stereocenters. The maximum absolute atomic E-state index is 6.30. The van der Waals surface area contributed by atoms with E-state index >= 15 is 0 Å². The van der Waals surface area contributed by atoms with Crippen molar-refractivity contribution < 1.29 is 14.3 Å². The molecule has 0 spiro atoms. The van der Waals surface area contributed by atoms with Gasteiger partial charge in [-0.1, -0.05) is 15.9 Å². The van der Waals surface area contributed by atoms with Gasteiger partial charge in [-0.25, -0.2) is 15.4 Å². The average molecular weight is 484 g/mol. The lowest BCUT2D eigenvalue weighted by molar-refractivity contribution is 0.163. The molecule has 2 heterocycles.